The SMILES string of the molecule is CCOC(=O)CS(=O)(=O)c1ccc(NC(=O)c2nc(-c3ccc(C)cc3)cnc2N)cc1.Cc1ccc(-c2cnc(N)c(C(=O)Nc3ccc(S(=O)(=O)CC(=O)O)cc3)n2)cc1. The summed E-state index contributed by atoms with van der Waals surface area (Å²) < 4.78 is 53.1. The lowest BCUT2D eigenvalue weighted by atomic mass is 10.1. The number of anilines is 4. The number of ether oxygens (including phenoxy) is 1. The van der Waals surface area contributed by atoms with Gasteiger partial charge in [0.2, 0.25) is 0 Å². The van der Waals surface area contributed by atoms with E-state index in [9.17, 15) is 36.0 Å². The van der Waals surface area contributed by atoms with Crippen LogP contribution in [-0.4, -0.2) is 83.7 Å². The zero-order valence-electron chi connectivity index (χ0n) is 33.4. The number of aromatic nitrogens is 4. The number of amides is 2. The van der Waals surface area contributed by atoms with Crippen molar-refractivity contribution in [1.82, 2.24) is 19.9 Å². The molecule has 7 N–H and O–H groups in total. The zero-order valence-corrected chi connectivity index (χ0v) is 35.0. The second kappa shape index (κ2) is 19.7. The Morgan fingerprint density at radius 1 is 0.597 bits per heavy atom. The summed E-state index contributed by atoms with van der Waals surface area (Å²) in [4.78, 5) is 64.0. The monoisotopic (exact) mass is 880 g/mol. The van der Waals surface area contributed by atoms with Crippen LogP contribution in [0.15, 0.2) is 119 Å². The highest BCUT2D eigenvalue weighted by Gasteiger charge is 2.22. The van der Waals surface area contributed by atoms with E-state index in [1.54, 1.807) is 6.92 Å². The lowest BCUT2D eigenvalue weighted by Crippen LogP contribution is -2.19. The molecule has 0 spiro atoms. The number of benzene rings is 4. The Hall–Kier alpha value is -7.58. The van der Waals surface area contributed by atoms with Crippen molar-refractivity contribution in [2.45, 2.75) is 30.6 Å². The number of nitrogens with two attached hydrogens (primary N) is 2. The second-order valence-electron chi connectivity index (χ2n) is 13.4. The van der Waals surface area contributed by atoms with Crippen LogP contribution >= 0.6 is 0 Å². The average Bonchev–Trinajstić information content (AvgIpc) is 3.22. The third-order valence-electron chi connectivity index (χ3n) is 8.60. The van der Waals surface area contributed by atoms with Gasteiger partial charge in [0.15, 0.2) is 54.2 Å². The zero-order chi connectivity index (χ0) is 45.2. The summed E-state index contributed by atoms with van der Waals surface area (Å²) in [6, 6.07) is 25.6. The number of carboxylic acids is 1. The third-order valence-corrected chi connectivity index (χ3v) is 11.8. The second-order valence-corrected chi connectivity index (χ2v) is 17.4. The Kier molecular flexibility index (Phi) is 14.4. The molecule has 0 unspecified atom stereocenters. The number of nitrogens with zero attached hydrogens (tertiary/aromatic N) is 4. The van der Waals surface area contributed by atoms with Gasteiger partial charge in [0.05, 0.1) is 40.2 Å². The lowest BCUT2D eigenvalue weighted by Gasteiger charge is -2.09. The lowest BCUT2D eigenvalue weighted by molar-refractivity contribution is -0.140. The van der Waals surface area contributed by atoms with Crippen LogP contribution in [0.3, 0.4) is 0 Å². The Morgan fingerprint density at radius 2 is 0.968 bits per heavy atom. The number of aliphatic carboxylic acids is 1. The van der Waals surface area contributed by atoms with Crippen LogP contribution in [0.2, 0.25) is 0 Å². The number of carboxylic acid groups (broad SMARTS) is 1. The summed E-state index contributed by atoms with van der Waals surface area (Å²) in [6.45, 7) is 5.60. The molecule has 20 heteroatoms. The molecule has 0 aliphatic heterocycles. The number of rotatable bonds is 13. The van der Waals surface area contributed by atoms with Crippen LogP contribution in [0, 0.1) is 13.8 Å². The molecule has 0 atom stereocenters. The fourth-order valence-electron chi connectivity index (χ4n) is 5.42. The Balaban J connectivity index is 0.000000235. The summed E-state index contributed by atoms with van der Waals surface area (Å²) in [5.41, 5.74) is 16.8. The van der Waals surface area contributed by atoms with Gasteiger partial charge in [-0.3, -0.25) is 19.2 Å². The predicted molar refractivity (Wildman–Crippen MR) is 230 cm³/mol. The minimum absolute atomic E-state index is 0.0352. The number of esters is 1. The van der Waals surface area contributed by atoms with E-state index in [2.05, 4.69) is 35.3 Å². The van der Waals surface area contributed by atoms with E-state index in [4.69, 9.17) is 16.6 Å². The van der Waals surface area contributed by atoms with Crippen LogP contribution in [0.25, 0.3) is 22.5 Å². The molecule has 18 nitrogen and oxygen atoms in total. The maximum Gasteiger partial charge on any atom is 0.321 e. The topological polar surface area (TPSA) is 294 Å². The number of sulfone groups is 2. The normalized spacial score (nSPS) is 11.1. The van der Waals surface area contributed by atoms with Crippen molar-refractivity contribution in [3.63, 3.8) is 0 Å². The first kappa shape index (κ1) is 45.5. The first-order chi connectivity index (χ1) is 29.3. The standard InChI is InChI=1S/C22H22N4O5S.C20H18N4O5S/c1-3-31-19(27)13-32(29,30)17-10-8-16(9-11-17)25-22(28)20-21(23)24-12-18(26-20)15-6-4-14(2)5-7-15;1-12-2-4-13(5-3-12)16-10-22-19(21)18(24-16)20(27)23-14-6-8-15(9-7-14)30(28,29)11-17(25)26/h4-12H,3,13H2,1-2H3,(H2,23,24)(H,25,28);2-10H,11H2,1H3,(H2,21,22)(H,23,27)(H,25,26). The minimum atomic E-state index is -3.96. The Morgan fingerprint density at radius 3 is 1.32 bits per heavy atom. The van der Waals surface area contributed by atoms with Gasteiger partial charge in [0.25, 0.3) is 11.8 Å². The molecule has 2 amide bonds. The van der Waals surface area contributed by atoms with Crippen molar-refractivity contribution in [3.05, 3.63) is 132 Å². The predicted octanol–water partition coefficient (Wildman–Crippen LogP) is 4.77. The highest BCUT2D eigenvalue weighted by Crippen LogP contribution is 2.23. The molecule has 6 aromatic rings. The molecule has 0 aliphatic carbocycles. The van der Waals surface area contributed by atoms with Gasteiger partial charge in [-0.25, -0.2) is 36.8 Å². The quantitative estimate of drug-likeness (QED) is 0.0976. The van der Waals surface area contributed by atoms with Gasteiger partial charge in [0, 0.05) is 22.5 Å². The molecule has 2 aromatic heterocycles. The molecule has 2 heterocycles. The largest absolute Gasteiger partial charge is 0.480 e. The number of aryl methyl sites for hydroxylation is 2. The fraction of sp³-hybridized carbons (Fsp3) is 0.143. The van der Waals surface area contributed by atoms with Crippen LogP contribution in [0.1, 0.15) is 39.0 Å². The van der Waals surface area contributed by atoms with Gasteiger partial charge in [-0.15, -0.1) is 0 Å². The molecule has 320 valence electrons. The van der Waals surface area contributed by atoms with Crippen molar-refractivity contribution in [2.24, 2.45) is 0 Å². The Bertz CT molecular complexity index is 2840. The number of nitrogen functional groups attached to an aromatic ring is 2. The first-order valence-corrected chi connectivity index (χ1v) is 21.7. The fourth-order valence-corrected chi connectivity index (χ4v) is 7.57. The molecule has 62 heavy (non-hydrogen) atoms. The van der Waals surface area contributed by atoms with Gasteiger partial charge < -0.3 is 31.9 Å². The van der Waals surface area contributed by atoms with E-state index in [0.29, 0.717) is 17.1 Å². The van der Waals surface area contributed by atoms with E-state index in [1.807, 2.05) is 62.4 Å². The van der Waals surface area contributed by atoms with Gasteiger partial charge >= 0.3 is 11.9 Å². The van der Waals surface area contributed by atoms with Gasteiger partial charge in [-0.1, -0.05) is 59.7 Å². The number of carbonyl (C=O) groups is 4. The third kappa shape index (κ3) is 12.0. The summed E-state index contributed by atoms with van der Waals surface area (Å²) >= 11 is 0. The van der Waals surface area contributed by atoms with E-state index in [0.717, 1.165) is 22.3 Å². The number of carbonyl (C=O) groups excluding carboxylic acids is 3. The molecule has 0 aliphatic rings. The highest BCUT2D eigenvalue weighted by molar-refractivity contribution is 7.92. The molecule has 0 fully saturated rings. The summed E-state index contributed by atoms with van der Waals surface area (Å²) in [5, 5.41) is 13.9. The van der Waals surface area contributed by atoms with Crippen LogP contribution in [-0.2, 0) is 34.0 Å². The van der Waals surface area contributed by atoms with Crippen molar-refractivity contribution in [2.75, 3.05) is 40.2 Å². The minimum Gasteiger partial charge on any atom is -0.480 e. The van der Waals surface area contributed by atoms with Crippen LogP contribution < -0.4 is 22.1 Å². The Labute approximate surface area is 356 Å². The van der Waals surface area contributed by atoms with E-state index >= 15 is 0 Å². The number of hydrogen-bond donors (Lipinski definition) is 5. The van der Waals surface area contributed by atoms with Gasteiger partial charge in [-0.2, -0.15) is 0 Å². The average molecular weight is 881 g/mol. The summed E-state index contributed by atoms with van der Waals surface area (Å²) in [7, 11) is -7.81. The number of nitrogens with one attached hydrogen (secondary N) is 2. The molecule has 0 bridgehead atoms. The van der Waals surface area contributed by atoms with E-state index < -0.39 is 54.9 Å². The molecule has 0 saturated heterocycles. The molecule has 4 aromatic carbocycles. The van der Waals surface area contributed by atoms with Crippen LogP contribution in [0.4, 0.5) is 23.0 Å². The molecule has 0 radical (unpaired) electrons. The molecule has 0 saturated carbocycles. The molecular weight excluding hydrogens is 841 g/mol. The number of hydrogen-bond acceptors (Lipinski definition) is 15. The van der Waals surface area contributed by atoms with Crippen molar-refractivity contribution in [3.8, 4) is 22.5 Å². The van der Waals surface area contributed by atoms with Gasteiger partial charge in [-0.05, 0) is 69.3 Å². The van der Waals surface area contributed by atoms with E-state index in [-0.39, 0.29) is 45.1 Å². The van der Waals surface area contributed by atoms with Gasteiger partial charge in [0.1, 0.15) is 0 Å². The van der Waals surface area contributed by atoms with E-state index in [1.165, 1.54) is 60.9 Å². The van der Waals surface area contributed by atoms with Crippen molar-refractivity contribution >= 4 is 66.4 Å². The molecular formula is C42H40N8O10S2. The highest BCUT2D eigenvalue weighted by atomic mass is 32.2. The maximum absolute atomic E-state index is 12.7. The maximum atomic E-state index is 12.7. The molecule has 6 rings (SSSR count). The van der Waals surface area contributed by atoms with Crippen molar-refractivity contribution in [1.29, 1.82) is 0 Å². The first-order valence-electron chi connectivity index (χ1n) is 18.4. The van der Waals surface area contributed by atoms with Crippen molar-refractivity contribution < 1.29 is 45.9 Å². The summed E-state index contributed by atoms with van der Waals surface area (Å²) in [5.74, 6) is -5.35. The smallest absolute Gasteiger partial charge is 0.321 e. The van der Waals surface area contributed by atoms with Crippen LogP contribution in [0.5, 0.6) is 0 Å². The summed E-state index contributed by atoms with van der Waals surface area (Å²) in [6.07, 6.45) is 2.96.